The van der Waals surface area contributed by atoms with E-state index >= 15 is 0 Å². The summed E-state index contributed by atoms with van der Waals surface area (Å²) >= 11 is 0.927. The zero-order valence-electron chi connectivity index (χ0n) is 20.4. The number of carbonyl (C=O) groups is 1. The second-order valence-electron chi connectivity index (χ2n) is 8.75. The number of likely N-dealkylation sites (tertiary alicyclic amines) is 1. The first-order valence-electron chi connectivity index (χ1n) is 11.7. The Bertz CT molecular complexity index is 1260. The van der Waals surface area contributed by atoms with E-state index < -0.39 is 42.8 Å². The number of amides is 1. The lowest BCUT2D eigenvalue weighted by Gasteiger charge is -2.34. The molecule has 1 aliphatic rings. The van der Waals surface area contributed by atoms with Crippen LogP contribution in [0.4, 0.5) is 42.8 Å². The molecule has 4 rings (SSSR count). The van der Waals surface area contributed by atoms with Crippen LogP contribution in [-0.4, -0.2) is 69.0 Å². The smallest absolute Gasteiger partial charge is 0.434 e. The minimum absolute atomic E-state index is 0.000850. The Morgan fingerprint density at radius 3 is 2.62 bits per heavy atom. The molecule has 0 aromatic carbocycles. The van der Waals surface area contributed by atoms with Crippen LogP contribution in [0.15, 0.2) is 30.7 Å². The van der Waals surface area contributed by atoms with E-state index in [1.54, 1.807) is 6.92 Å². The van der Waals surface area contributed by atoms with Crippen molar-refractivity contribution in [2.45, 2.75) is 32.1 Å². The molecule has 1 fully saturated rings. The molecule has 0 spiro atoms. The van der Waals surface area contributed by atoms with Gasteiger partial charge in [0.2, 0.25) is 5.88 Å². The van der Waals surface area contributed by atoms with Crippen molar-refractivity contribution in [1.82, 2.24) is 24.2 Å². The van der Waals surface area contributed by atoms with Gasteiger partial charge in [0.05, 0.1) is 48.7 Å². The number of aromatic nitrogens is 4. The SMILES string of the molecule is Cc1nsc(Nc2cnc(C(F)(F)F)cn2)c1C(=O)Nc1ccc(OCC2CCN(CC(F)F)C[C@@H]2F)nc1. The topological polar surface area (TPSA) is 105 Å². The van der Waals surface area contributed by atoms with Gasteiger partial charge in [0, 0.05) is 18.5 Å². The van der Waals surface area contributed by atoms with Crippen LogP contribution < -0.4 is 15.4 Å². The fraction of sp³-hybridized carbons (Fsp3) is 0.435. The van der Waals surface area contributed by atoms with Gasteiger partial charge in [-0.15, -0.1) is 0 Å². The number of aryl methyl sites for hydroxylation is 1. The molecule has 3 aromatic rings. The van der Waals surface area contributed by atoms with Crippen molar-refractivity contribution in [3.05, 3.63) is 47.7 Å². The van der Waals surface area contributed by atoms with E-state index in [2.05, 4.69) is 30.0 Å². The number of halogens is 6. The normalized spacial score (nSPS) is 18.3. The van der Waals surface area contributed by atoms with Gasteiger partial charge in [-0.1, -0.05) is 0 Å². The summed E-state index contributed by atoms with van der Waals surface area (Å²) in [4.78, 5) is 25.4. The standard InChI is InChI=1S/C23H23F6N7O2S/c1-12-20(22(39-35-12)34-18-8-30-16(7-31-18)23(27,28)29)21(37)33-14-2-3-19(32-6-14)38-11-13-4-5-36(9-15(13)24)10-17(25)26/h2-3,6-8,13,15,17H,4-5,9-11H2,1H3,(H,31,34)(H,33,37)/t13?,15-/m0/s1. The first kappa shape index (κ1) is 28.5. The summed E-state index contributed by atoms with van der Waals surface area (Å²) in [7, 11) is 0. The van der Waals surface area contributed by atoms with Gasteiger partial charge in [-0.25, -0.2) is 28.1 Å². The largest absolute Gasteiger partial charge is 0.477 e. The number of nitrogens with zero attached hydrogens (tertiary/aromatic N) is 5. The summed E-state index contributed by atoms with van der Waals surface area (Å²) in [6.45, 7) is 1.46. The Hall–Kier alpha value is -3.53. The van der Waals surface area contributed by atoms with Gasteiger partial charge < -0.3 is 15.4 Å². The van der Waals surface area contributed by atoms with Gasteiger partial charge in [0.25, 0.3) is 12.3 Å². The molecular formula is C23H23F6N7O2S. The molecule has 9 nitrogen and oxygen atoms in total. The molecule has 1 aliphatic heterocycles. The number of alkyl halides is 6. The van der Waals surface area contributed by atoms with Crippen molar-refractivity contribution in [3.8, 4) is 5.88 Å². The predicted octanol–water partition coefficient (Wildman–Crippen LogP) is 4.96. The van der Waals surface area contributed by atoms with E-state index in [9.17, 15) is 31.1 Å². The summed E-state index contributed by atoms with van der Waals surface area (Å²) in [6, 6.07) is 3.02. The molecule has 2 atom stereocenters. The predicted molar refractivity (Wildman–Crippen MR) is 130 cm³/mol. The number of hydrogen-bond acceptors (Lipinski definition) is 9. The van der Waals surface area contributed by atoms with Gasteiger partial charge in [0.1, 0.15) is 17.0 Å². The van der Waals surface area contributed by atoms with Gasteiger partial charge in [0.15, 0.2) is 5.69 Å². The number of pyridine rings is 1. The van der Waals surface area contributed by atoms with Crippen LogP contribution in [0, 0.1) is 12.8 Å². The van der Waals surface area contributed by atoms with Crippen molar-refractivity contribution < 1.29 is 35.9 Å². The van der Waals surface area contributed by atoms with Crippen LogP contribution in [0.2, 0.25) is 0 Å². The van der Waals surface area contributed by atoms with Crippen LogP contribution in [0.1, 0.15) is 28.2 Å². The third kappa shape index (κ3) is 7.53. The number of rotatable bonds is 9. The lowest BCUT2D eigenvalue weighted by molar-refractivity contribution is -0.141. The summed E-state index contributed by atoms with van der Waals surface area (Å²) in [5.41, 5.74) is -0.282. The Morgan fingerprint density at radius 2 is 2.00 bits per heavy atom. The molecule has 0 saturated carbocycles. The zero-order valence-corrected chi connectivity index (χ0v) is 21.2. The van der Waals surface area contributed by atoms with Crippen LogP contribution >= 0.6 is 11.5 Å². The zero-order chi connectivity index (χ0) is 28.2. The third-order valence-corrected chi connectivity index (χ3v) is 6.72. The van der Waals surface area contributed by atoms with E-state index in [1.807, 2.05) is 0 Å². The fourth-order valence-electron chi connectivity index (χ4n) is 3.87. The minimum atomic E-state index is -4.63. The van der Waals surface area contributed by atoms with Crippen molar-refractivity contribution in [2.24, 2.45) is 5.92 Å². The number of hydrogen-bond donors (Lipinski definition) is 2. The van der Waals surface area contributed by atoms with E-state index in [1.165, 1.54) is 23.2 Å². The molecule has 1 saturated heterocycles. The second kappa shape index (κ2) is 12.1. The highest BCUT2D eigenvalue weighted by Crippen LogP contribution is 2.30. The Labute approximate surface area is 222 Å². The Kier molecular flexibility index (Phi) is 8.84. The van der Waals surface area contributed by atoms with Crippen molar-refractivity contribution >= 4 is 33.9 Å². The number of anilines is 3. The number of nitrogens with one attached hydrogen (secondary N) is 2. The first-order valence-corrected chi connectivity index (χ1v) is 12.4. The van der Waals surface area contributed by atoms with E-state index in [0.29, 0.717) is 30.5 Å². The molecule has 39 heavy (non-hydrogen) atoms. The molecule has 0 bridgehead atoms. The van der Waals surface area contributed by atoms with Gasteiger partial charge in [-0.05, 0) is 37.5 Å². The lowest BCUT2D eigenvalue weighted by Crippen LogP contribution is -2.45. The van der Waals surface area contributed by atoms with Crippen molar-refractivity contribution in [1.29, 1.82) is 0 Å². The maximum Gasteiger partial charge on any atom is 0.434 e. The average Bonchev–Trinajstić information content (AvgIpc) is 3.23. The van der Waals surface area contributed by atoms with Crippen LogP contribution in [0.3, 0.4) is 0 Å². The monoisotopic (exact) mass is 575 g/mol. The van der Waals surface area contributed by atoms with E-state index in [-0.39, 0.29) is 35.4 Å². The van der Waals surface area contributed by atoms with Crippen LogP contribution in [0.5, 0.6) is 5.88 Å². The molecule has 3 aromatic heterocycles. The van der Waals surface area contributed by atoms with E-state index in [0.717, 1.165) is 17.7 Å². The van der Waals surface area contributed by atoms with Crippen LogP contribution in [0.25, 0.3) is 0 Å². The van der Waals surface area contributed by atoms with Crippen molar-refractivity contribution in [3.63, 3.8) is 0 Å². The second-order valence-corrected chi connectivity index (χ2v) is 9.52. The average molecular weight is 576 g/mol. The highest BCUT2D eigenvalue weighted by Gasteiger charge is 2.33. The number of piperidine rings is 1. The molecule has 16 heteroatoms. The molecule has 0 aliphatic carbocycles. The lowest BCUT2D eigenvalue weighted by atomic mass is 9.96. The molecule has 2 N–H and O–H groups in total. The van der Waals surface area contributed by atoms with Crippen molar-refractivity contribution in [2.75, 3.05) is 36.9 Å². The van der Waals surface area contributed by atoms with Crippen LogP contribution in [-0.2, 0) is 6.18 Å². The first-order chi connectivity index (χ1) is 18.5. The maximum atomic E-state index is 14.4. The highest BCUT2D eigenvalue weighted by molar-refractivity contribution is 7.10. The van der Waals surface area contributed by atoms with Gasteiger partial charge >= 0.3 is 6.18 Å². The Morgan fingerprint density at radius 1 is 1.21 bits per heavy atom. The quantitative estimate of drug-likeness (QED) is 0.345. The summed E-state index contributed by atoms with van der Waals surface area (Å²) < 4.78 is 87.2. The molecular weight excluding hydrogens is 552 g/mol. The summed E-state index contributed by atoms with van der Waals surface area (Å²) in [5, 5.41) is 5.67. The Balaban J connectivity index is 1.32. The molecule has 0 radical (unpaired) electrons. The fourth-order valence-corrected chi connectivity index (χ4v) is 4.67. The molecule has 1 unspecified atom stereocenters. The van der Waals surface area contributed by atoms with Gasteiger partial charge in [-0.2, -0.15) is 17.5 Å². The number of ether oxygens (including phenoxy) is 1. The van der Waals surface area contributed by atoms with Gasteiger partial charge in [-0.3, -0.25) is 9.69 Å². The van der Waals surface area contributed by atoms with E-state index in [4.69, 9.17) is 4.74 Å². The summed E-state index contributed by atoms with van der Waals surface area (Å²) in [5.74, 6) is -0.796. The molecule has 4 heterocycles. The highest BCUT2D eigenvalue weighted by atomic mass is 32.1. The molecule has 210 valence electrons. The maximum absolute atomic E-state index is 14.4. The minimum Gasteiger partial charge on any atom is -0.477 e. The molecule has 1 amide bonds. The summed E-state index contributed by atoms with van der Waals surface area (Å²) in [6.07, 6.45) is -5.23. The number of carbonyl (C=O) groups excluding carboxylic acids is 1. The third-order valence-electron chi connectivity index (χ3n) is 5.87.